The Labute approximate surface area is 130 Å². The summed E-state index contributed by atoms with van der Waals surface area (Å²) < 4.78 is 19.5. The minimum absolute atomic E-state index is 0.0731. The molecule has 2 N–H and O–H groups in total. The minimum Gasteiger partial charge on any atom is -0.492 e. The summed E-state index contributed by atoms with van der Waals surface area (Å²) >= 11 is 8.96. The van der Waals surface area contributed by atoms with Gasteiger partial charge >= 0.3 is 0 Å². The van der Waals surface area contributed by atoms with Crippen LogP contribution in [0.4, 0.5) is 10.1 Å². The number of halogens is 3. The van der Waals surface area contributed by atoms with E-state index in [4.69, 9.17) is 22.1 Å². The molecule has 2 rings (SSSR count). The van der Waals surface area contributed by atoms with Crippen LogP contribution in [0.5, 0.6) is 5.75 Å². The number of aryl methyl sites for hydroxylation is 1. The monoisotopic (exact) mass is 357 g/mol. The molecular weight excluding hydrogens is 345 g/mol. The summed E-state index contributed by atoms with van der Waals surface area (Å²) in [5.74, 6) is -0.0276. The Morgan fingerprint density at radius 3 is 2.80 bits per heavy atom. The zero-order valence-corrected chi connectivity index (χ0v) is 13.0. The number of nitrogen functional groups attached to an aromatic ring is 1. The lowest BCUT2D eigenvalue weighted by Crippen LogP contribution is -2.01. The van der Waals surface area contributed by atoms with Crippen LogP contribution in [0, 0.1) is 5.82 Å². The zero-order valence-electron chi connectivity index (χ0n) is 10.7. The quantitative estimate of drug-likeness (QED) is 0.472. The summed E-state index contributed by atoms with van der Waals surface area (Å²) in [5, 5.41) is 0.0731. The lowest BCUT2D eigenvalue weighted by atomic mass is 10.1. The Morgan fingerprint density at radius 1 is 1.25 bits per heavy atom. The fraction of sp³-hybridized carbons (Fsp3) is 0.200. The van der Waals surface area contributed by atoms with E-state index >= 15 is 0 Å². The number of hydrogen-bond donors (Lipinski definition) is 1. The molecule has 0 aliphatic carbocycles. The van der Waals surface area contributed by atoms with Crippen LogP contribution in [0.3, 0.4) is 0 Å². The van der Waals surface area contributed by atoms with E-state index in [-0.39, 0.29) is 5.02 Å². The van der Waals surface area contributed by atoms with Crippen molar-refractivity contribution in [3.8, 4) is 5.75 Å². The zero-order chi connectivity index (χ0) is 14.5. The van der Waals surface area contributed by atoms with Gasteiger partial charge < -0.3 is 10.5 Å². The molecular formula is C15H14BrClFNO. The Kier molecular flexibility index (Phi) is 5.26. The Bertz CT molecular complexity index is 606. The van der Waals surface area contributed by atoms with Crippen molar-refractivity contribution in [2.24, 2.45) is 0 Å². The first-order valence-corrected chi connectivity index (χ1v) is 7.35. The maximum absolute atomic E-state index is 13.3. The first kappa shape index (κ1) is 15.1. The number of rotatable bonds is 5. The van der Waals surface area contributed by atoms with E-state index in [2.05, 4.69) is 15.9 Å². The first-order chi connectivity index (χ1) is 9.56. The molecule has 0 unspecified atom stereocenters. The molecule has 0 spiro atoms. The molecule has 0 saturated carbocycles. The lowest BCUT2D eigenvalue weighted by molar-refractivity contribution is 0.307. The number of anilines is 1. The van der Waals surface area contributed by atoms with Crippen molar-refractivity contribution >= 4 is 33.2 Å². The van der Waals surface area contributed by atoms with Crippen molar-refractivity contribution in [2.75, 3.05) is 12.3 Å². The van der Waals surface area contributed by atoms with Gasteiger partial charge in [0.05, 0.1) is 16.1 Å². The first-order valence-electron chi connectivity index (χ1n) is 6.18. The highest BCUT2D eigenvalue weighted by Crippen LogP contribution is 2.30. The molecule has 0 amide bonds. The predicted molar refractivity (Wildman–Crippen MR) is 83.8 cm³/mol. The average Bonchev–Trinajstić information content (AvgIpc) is 2.40. The van der Waals surface area contributed by atoms with E-state index in [1.807, 2.05) is 24.3 Å². The van der Waals surface area contributed by atoms with E-state index in [1.54, 1.807) is 0 Å². The highest BCUT2D eigenvalue weighted by Gasteiger charge is 2.07. The second kappa shape index (κ2) is 6.95. The summed E-state index contributed by atoms with van der Waals surface area (Å²) in [6.45, 7) is 0.495. The standard InChI is InChI=1S/C15H14BrClFNO/c16-12-8-13(17)14(18)9-15(12)20-6-2-4-10-3-1-5-11(19)7-10/h1,3,5,7-9H,2,4,6,19H2. The molecule has 0 saturated heterocycles. The fourth-order valence-electron chi connectivity index (χ4n) is 1.82. The van der Waals surface area contributed by atoms with Crippen LogP contribution in [0.2, 0.25) is 5.02 Å². The molecule has 0 bridgehead atoms. The van der Waals surface area contributed by atoms with Gasteiger partial charge in [-0.05, 0) is 52.5 Å². The van der Waals surface area contributed by atoms with Crippen LogP contribution in [-0.4, -0.2) is 6.61 Å². The molecule has 0 fully saturated rings. The van der Waals surface area contributed by atoms with Gasteiger partial charge in [0.1, 0.15) is 11.6 Å². The SMILES string of the molecule is Nc1cccc(CCCOc2cc(F)c(Cl)cc2Br)c1. The van der Waals surface area contributed by atoms with Crippen molar-refractivity contribution in [2.45, 2.75) is 12.8 Å². The van der Waals surface area contributed by atoms with E-state index in [0.717, 1.165) is 24.1 Å². The number of benzene rings is 2. The van der Waals surface area contributed by atoms with Crippen molar-refractivity contribution in [1.82, 2.24) is 0 Å². The molecule has 20 heavy (non-hydrogen) atoms. The van der Waals surface area contributed by atoms with Gasteiger partial charge in [-0.15, -0.1) is 0 Å². The molecule has 0 aliphatic rings. The molecule has 0 radical (unpaired) electrons. The normalized spacial score (nSPS) is 10.6. The summed E-state index contributed by atoms with van der Waals surface area (Å²) in [6, 6.07) is 10.5. The highest BCUT2D eigenvalue weighted by atomic mass is 79.9. The largest absolute Gasteiger partial charge is 0.492 e. The summed E-state index contributed by atoms with van der Waals surface area (Å²) in [6.07, 6.45) is 1.68. The fourth-order valence-corrected chi connectivity index (χ4v) is 2.58. The minimum atomic E-state index is -0.485. The van der Waals surface area contributed by atoms with Gasteiger partial charge in [-0.1, -0.05) is 23.7 Å². The highest BCUT2D eigenvalue weighted by molar-refractivity contribution is 9.10. The number of ether oxygens (including phenoxy) is 1. The Hall–Kier alpha value is -1.26. The Balaban J connectivity index is 1.86. The molecule has 2 nitrogen and oxygen atoms in total. The third kappa shape index (κ3) is 4.12. The van der Waals surface area contributed by atoms with Gasteiger partial charge in [0, 0.05) is 11.8 Å². The predicted octanol–water partition coefficient (Wildman–Crippen LogP) is 4.84. The Morgan fingerprint density at radius 2 is 2.05 bits per heavy atom. The van der Waals surface area contributed by atoms with Crippen LogP contribution in [0.1, 0.15) is 12.0 Å². The van der Waals surface area contributed by atoms with Gasteiger partial charge in [0.15, 0.2) is 0 Å². The third-order valence-electron chi connectivity index (χ3n) is 2.79. The van der Waals surface area contributed by atoms with Gasteiger partial charge in [-0.3, -0.25) is 0 Å². The van der Waals surface area contributed by atoms with Gasteiger partial charge in [-0.2, -0.15) is 0 Å². The maximum Gasteiger partial charge on any atom is 0.145 e. The van der Waals surface area contributed by atoms with Crippen LogP contribution in [0.25, 0.3) is 0 Å². The molecule has 0 heterocycles. The maximum atomic E-state index is 13.3. The number of hydrogen-bond acceptors (Lipinski definition) is 2. The summed E-state index contributed by atoms with van der Waals surface area (Å²) in [4.78, 5) is 0. The van der Waals surface area contributed by atoms with E-state index in [0.29, 0.717) is 16.8 Å². The number of nitrogens with two attached hydrogens (primary N) is 1. The third-order valence-corrected chi connectivity index (χ3v) is 3.70. The van der Waals surface area contributed by atoms with Crippen molar-refractivity contribution in [3.63, 3.8) is 0 Å². The van der Waals surface area contributed by atoms with Gasteiger partial charge in [0.2, 0.25) is 0 Å². The van der Waals surface area contributed by atoms with Crippen LogP contribution < -0.4 is 10.5 Å². The lowest BCUT2D eigenvalue weighted by Gasteiger charge is -2.09. The molecule has 2 aromatic carbocycles. The summed E-state index contributed by atoms with van der Waals surface area (Å²) in [5.41, 5.74) is 7.63. The van der Waals surface area contributed by atoms with Crippen molar-refractivity contribution in [1.29, 1.82) is 0 Å². The van der Waals surface area contributed by atoms with Crippen molar-refractivity contribution < 1.29 is 9.13 Å². The second-order valence-corrected chi connectivity index (χ2v) is 5.66. The van der Waals surface area contributed by atoms with E-state index < -0.39 is 5.82 Å². The van der Waals surface area contributed by atoms with Crippen molar-refractivity contribution in [3.05, 3.63) is 57.3 Å². The average molecular weight is 359 g/mol. The van der Waals surface area contributed by atoms with Crippen LogP contribution in [0.15, 0.2) is 40.9 Å². The molecule has 0 aromatic heterocycles. The van der Waals surface area contributed by atoms with Crippen LogP contribution in [-0.2, 0) is 6.42 Å². The molecule has 106 valence electrons. The molecule has 0 aliphatic heterocycles. The van der Waals surface area contributed by atoms with E-state index in [9.17, 15) is 4.39 Å². The second-order valence-electron chi connectivity index (χ2n) is 4.39. The molecule has 2 aromatic rings. The van der Waals surface area contributed by atoms with E-state index in [1.165, 1.54) is 12.1 Å². The van der Waals surface area contributed by atoms with Gasteiger partial charge in [-0.25, -0.2) is 4.39 Å². The molecule has 0 atom stereocenters. The molecule has 5 heteroatoms. The summed E-state index contributed by atoms with van der Waals surface area (Å²) in [7, 11) is 0. The van der Waals surface area contributed by atoms with Crippen LogP contribution >= 0.6 is 27.5 Å². The smallest absolute Gasteiger partial charge is 0.145 e. The van der Waals surface area contributed by atoms with Gasteiger partial charge in [0.25, 0.3) is 0 Å². The topological polar surface area (TPSA) is 35.2 Å².